The Kier molecular flexibility index (Phi) is 11.9. The van der Waals surface area contributed by atoms with Crippen molar-refractivity contribution in [1.82, 2.24) is 0 Å². The van der Waals surface area contributed by atoms with Gasteiger partial charge in [0.1, 0.15) is 0 Å². The van der Waals surface area contributed by atoms with Crippen molar-refractivity contribution in [3.05, 3.63) is 46.8 Å². The quantitative estimate of drug-likeness (QED) is 0.578. The lowest BCUT2D eigenvalue weighted by molar-refractivity contribution is 1.11. The van der Waals surface area contributed by atoms with Crippen molar-refractivity contribution in [3.63, 3.8) is 0 Å². The van der Waals surface area contributed by atoms with Crippen LogP contribution in [0.25, 0.3) is 0 Å². The molecule has 6 N–H and O–H groups in total. The van der Waals surface area contributed by atoms with E-state index in [1.807, 2.05) is 12.2 Å². The zero-order chi connectivity index (χ0) is 11.7. The van der Waals surface area contributed by atoms with E-state index in [9.17, 15) is 0 Å². The Hall–Kier alpha value is -0.940. The van der Waals surface area contributed by atoms with Crippen molar-refractivity contribution in [2.24, 2.45) is 11.5 Å². The van der Waals surface area contributed by atoms with Crippen LogP contribution in [0.15, 0.2) is 46.8 Å². The van der Waals surface area contributed by atoms with Crippen LogP contribution in [0.3, 0.4) is 0 Å². The first-order valence-corrected chi connectivity index (χ1v) is 5.07. The molecule has 0 heterocycles. The van der Waals surface area contributed by atoms with Crippen LogP contribution >= 0.6 is 49.6 Å². The Morgan fingerprint density at radius 1 is 0.850 bits per heavy atom. The smallest absolute Gasteiger partial charge is 0.0768 e. The van der Waals surface area contributed by atoms with Crippen LogP contribution in [0.4, 0.5) is 0 Å². The summed E-state index contributed by atoms with van der Waals surface area (Å²) in [6.07, 6.45) is 8.53. The standard InChI is InChI=1S/C12H14N4.4ClH/c13-9-3-1-7(5-11(9)15)8-2-4-10(14)12(16)6-8;;;;/h1,3-4,6,15-16H,2,5,13-14H2;4*1H. The molecule has 0 aromatic carbocycles. The summed E-state index contributed by atoms with van der Waals surface area (Å²) in [5, 5.41) is 15.3. The van der Waals surface area contributed by atoms with Gasteiger partial charge in [-0.05, 0) is 29.7 Å². The highest BCUT2D eigenvalue weighted by molar-refractivity contribution is 6.08. The first-order valence-electron chi connectivity index (χ1n) is 5.07. The summed E-state index contributed by atoms with van der Waals surface area (Å²) in [5.41, 5.74) is 15.2. The third-order valence-corrected chi connectivity index (χ3v) is 2.76. The van der Waals surface area contributed by atoms with Crippen LogP contribution < -0.4 is 11.5 Å². The third-order valence-electron chi connectivity index (χ3n) is 2.76. The maximum absolute atomic E-state index is 7.68. The number of rotatable bonds is 1. The maximum atomic E-state index is 7.68. The Balaban J connectivity index is -0.000000722. The van der Waals surface area contributed by atoms with Gasteiger partial charge in [0.15, 0.2) is 0 Å². The van der Waals surface area contributed by atoms with Gasteiger partial charge in [-0.25, -0.2) is 0 Å². The van der Waals surface area contributed by atoms with Crippen LogP contribution in [0.2, 0.25) is 0 Å². The Morgan fingerprint density at radius 3 is 1.95 bits per heavy atom. The summed E-state index contributed by atoms with van der Waals surface area (Å²) in [7, 11) is 0. The minimum atomic E-state index is 0. The molecule has 2 rings (SSSR count). The van der Waals surface area contributed by atoms with Gasteiger partial charge in [0.2, 0.25) is 0 Å². The minimum absolute atomic E-state index is 0. The molecule has 0 aliphatic heterocycles. The Labute approximate surface area is 143 Å². The summed E-state index contributed by atoms with van der Waals surface area (Å²) in [4.78, 5) is 0. The van der Waals surface area contributed by atoms with E-state index in [1.54, 1.807) is 12.2 Å². The molecular formula is C12H18Cl4N4. The summed E-state index contributed by atoms with van der Waals surface area (Å²) >= 11 is 0. The lowest BCUT2D eigenvalue weighted by Crippen LogP contribution is -2.17. The normalized spacial score (nSPS) is 16.8. The molecule has 114 valence electrons. The molecule has 0 fully saturated rings. The topological polar surface area (TPSA) is 99.7 Å². The minimum Gasteiger partial charge on any atom is -0.397 e. The second kappa shape index (κ2) is 9.88. The molecule has 20 heavy (non-hydrogen) atoms. The van der Waals surface area contributed by atoms with Crippen molar-refractivity contribution in [3.8, 4) is 0 Å². The number of nitrogens with one attached hydrogen (secondary N) is 2. The average molecular weight is 360 g/mol. The van der Waals surface area contributed by atoms with Gasteiger partial charge in [-0.3, -0.25) is 5.41 Å². The van der Waals surface area contributed by atoms with Gasteiger partial charge in [-0.1, -0.05) is 12.2 Å². The molecule has 2 aliphatic rings. The van der Waals surface area contributed by atoms with E-state index in [4.69, 9.17) is 22.3 Å². The van der Waals surface area contributed by atoms with Crippen LogP contribution in [-0.4, -0.2) is 11.4 Å². The van der Waals surface area contributed by atoms with Crippen molar-refractivity contribution in [2.75, 3.05) is 0 Å². The van der Waals surface area contributed by atoms with E-state index >= 15 is 0 Å². The number of halogens is 4. The number of nitrogens with two attached hydrogens (primary N) is 2. The predicted octanol–water partition coefficient (Wildman–Crippen LogP) is 3.06. The lowest BCUT2D eigenvalue weighted by atomic mass is 9.89. The van der Waals surface area contributed by atoms with Crippen LogP contribution in [0.5, 0.6) is 0 Å². The molecule has 0 saturated heterocycles. The Bertz CT molecular complexity index is 504. The van der Waals surface area contributed by atoms with Gasteiger partial charge in [0.05, 0.1) is 22.8 Å². The van der Waals surface area contributed by atoms with Gasteiger partial charge in [0.25, 0.3) is 0 Å². The summed E-state index contributed by atoms with van der Waals surface area (Å²) in [5.74, 6) is 0. The van der Waals surface area contributed by atoms with Crippen LogP contribution in [-0.2, 0) is 0 Å². The highest BCUT2D eigenvalue weighted by Gasteiger charge is 2.16. The highest BCUT2D eigenvalue weighted by atomic mass is 35.5. The van der Waals surface area contributed by atoms with Gasteiger partial charge in [-0.2, -0.15) is 0 Å². The zero-order valence-corrected chi connectivity index (χ0v) is 13.8. The van der Waals surface area contributed by atoms with Gasteiger partial charge in [0, 0.05) is 6.42 Å². The molecule has 0 spiro atoms. The largest absolute Gasteiger partial charge is 0.397 e. The van der Waals surface area contributed by atoms with Crippen molar-refractivity contribution in [2.45, 2.75) is 12.8 Å². The maximum Gasteiger partial charge on any atom is 0.0768 e. The molecule has 0 amide bonds. The SMILES string of the molecule is Cl.Cl.Cl.Cl.N=C1C=C(C2=CC=C(N)C(=N)C2)CC=C1N. The van der Waals surface area contributed by atoms with E-state index in [1.165, 1.54) is 0 Å². The third kappa shape index (κ3) is 5.21. The van der Waals surface area contributed by atoms with Gasteiger partial charge < -0.3 is 16.9 Å². The van der Waals surface area contributed by atoms with Gasteiger partial charge in [-0.15, -0.1) is 49.6 Å². The molecule has 0 aromatic heterocycles. The molecule has 4 nitrogen and oxygen atoms in total. The zero-order valence-electron chi connectivity index (χ0n) is 10.5. The molecule has 0 atom stereocenters. The first-order chi connectivity index (χ1) is 7.58. The van der Waals surface area contributed by atoms with Gasteiger partial charge >= 0.3 is 0 Å². The first kappa shape index (κ1) is 24.1. The highest BCUT2D eigenvalue weighted by Crippen LogP contribution is 2.25. The molecular weight excluding hydrogens is 342 g/mol. The number of hydrogen-bond donors (Lipinski definition) is 4. The molecule has 0 saturated carbocycles. The molecule has 0 aromatic rings. The monoisotopic (exact) mass is 358 g/mol. The van der Waals surface area contributed by atoms with E-state index < -0.39 is 0 Å². The second-order valence-electron chi connectivity index (χ2n) is 3.92. The van der Waals surface area contributed by atoms with Crippen LogP contribution in [0, 0.1) is 10.8 Å². The van der Waals surface area contributed by atoms with E-state index in [2.05, 4.69) is 0 Å². The van der Waals surface area contributed by atoms with E-state index in [-0.39, 0.29) is 49.6 Å². The lowest BCUT2D eigenvalue weighted by Gasteiger charge is -2.18. The van der Waals surface area contributed by atoms with Crippen molar-refractivity contribution < 1.29 is 0 Å². The van der Waals surface area contributed by atoms with Crippen molar-refractivity contribution >= 4 is 61.1 Å². The second-order valence-corrected chi connectivity index (χ2v) is 3.92. The fourth-order valence-corrected chi connectivity index (χ4v) is 1.73. The molecule has 0 radical (unpaired) electrons. The number of allylic oxidation sites excluding steroid dienone is 7. The average Bonchev–Trinajstić information content (AvgIpc) is 2.26. The summed E-state index contributed by atoms with van der Waals surface area (Å²) in [6, 6.07) is 0. The Morgan fingerprint density at radius 2 is 1.45 bits per heavy atom. The molecule has 0 bridgehead atoms. The molecule has 8 heteroatoms. The molecule has 2 aliphatic carbocycles. The van der Waals surface area contributed by atoms with Crippen molar-refractivity contribution in [1.29, 1.82) is 10.8 Å². The molecule has 0 unspecified atom stereocenters. The van der Waals surface area contributed by atoms with E-state index in [0.29, 0.717) is 29.2 Å². The fraction of sp³-hybridized carbons (Fsp3) is 0.167. The predicted molar refractivity (Wildman–Crippen MR) is 94.4 cm³/mol. The fourth-order valence-electron chi connectivity index (χ4n) is 1.73. The van der Waals surface area contributed by atoms with E-state index in [0.717, 1.165) is 17.6 Å². The number of hydrogen-bond acceptors (Lipinski definition) is 4. The van der Waals surface area contributed by atoms with Crippen LogP contribution in [0.1, 0.15) is 12.8 Å². The summed E-state index contributed by atoms with van der Waals surface area (Å²) < 4.78 is 0. The summed E-state index contributed by atoms with van der Waals surface area (Å²) in [6.45, 7) is 0.